The van der Waals surface area contributed by atoms with E-state index in [9.17, 15) is 0 Å². The minimum atomic E-state index is 1.11. The normalized spacial score (nSPS) is 14.1. The van der Waals surface area contributed by atoms with Gasteiger partial charge in [0.15, 0.2) is 0 Å². The van der Waals surface area contributed by atoms with Crippen molar-refractivity contribution in [2.24, 2.45) is 0 Å². The number of hydrogen-bond acceptors (Lipinski definition) is 2. The highest BCUT2D eigenvalue weighted by Crippen LogP contribution is 2.29. The highest BCUT2D eigenvalue weighted by atomic mass is 15.1. The van der Waals surface area contributed by atoms with Gasteiger partial charge >= 0.3 is 0 Å². The van der Waals surface area contributed by atoms with Crippen molar-refractivity contribution in [2.75, 3.05) is 31.6 Å². The van der Waals surface area contributed by atoms with Gasteiger partial charge in [0.05, 0.1) is 0 Å². The van der Waals surface area contributed by atoms with Crippen LogP contribution in [0.15, 0.2) is 18.2 Å². The van der Waals surface area contributed by atoms with Crippen molar-refractivity contribution < 1.29 is 0 Å². The number of aryl methyl sites for hydroxylation is 1. The van der Waals surface area contributed by atoms with Crippen LogP contribution < -0.4 is 10.2 Å². The van der Waals surface area contributed by atoms with Gasteiger partial charge in [-0.1, -0.05) is 19.1 Å². The van der Waals surface area contributed by atoms with Gasteiger partial charge in [-0.25, -0.2) is 0 Å². The quantitative estimate of drug-likeness (QED) is 0.759. The maximum Gasteiger partial charge on any atom is 0.0399 e. The van der Waals surface area contributed by atoms with Gasteiger partial charge in [-0.15, -0.1) is 0 Å². The third-order valence-electron chi connectivity index (χ3n) is 3.52. The molecule has 0 spiro atoms. The van der Waals surface area contributed by atoms with E-state index in [0.717, 1.165) is 6.54 Å². The number of benzene rings is 1. The Balaban J connectivity index is 2.01. The molecule has 1 heterocycles. The monoisotopic (exact) mass is 232 g/mol. The maximum absolute atomic E-state index is 3.21. The summed E-state index contributed by atoms with van der Waals surface area (Å²) in [6.45, 7) is 5.78. The summed E-state index contributed by atoms with van der Waals surface area (Å²) in [5.74, 6) is 0. The third kappa shape index (κ3) is 3.01. The standard InChI is InChI=1S/C15H24N2/c1-3-10-17-11-8-14-12-13(5-4-9-16-2)6-7-15(14)17/h6-7,12,16H,3-5,8-11H2,1-2H3. The van der Waals surface area contributed by atoms with Gasteiger partial charge in [0, 0.05) is 18.8 Å². The zero-order valence-electron chi connectivity index (χ0n) is 11.1. The molecule has 17 heavy (non-hydrogen) atoms. The van der Waals surface area contributed by atoms with E-state index < -0.39 is 0 Å². The van der Waals surface area contributed by atoms with Crippen LogP contribution in [-0.2, 0) is 12.8 Å². The van der Waals surface area contributed by atoms with Gasteiger partial charge in [-0.3, -0.25) is 0 Å². The summed E-state index contributed by atoms with van der Waals surface area (Å²) in [6, 6.07) is 7.05. The first kappa shape index (κ1) is 12.4. The number of nitrogens with zero attached hydrogens (tertiary/aromatic N) is 1. The molecule has 0 atom stereocenters. The molecule has 94 valence electrons. The number of fused-ring (bicyclic) bond motifs is 1. The molecule has 0 bridgehead atoms. The molecule has 0 fully saturated rings. The van der Waals surface area contributed by atoms with Crippen LogP contribution in [0, 0.1) is 0 Å². The van der Waals surface area contributed by atoms with Gasteiger partial charge in [0.25, 0.3) is 0 Å². The Morgan fingerprint density at radius 2 is 2.24 bits per heavy atom. The molecule has 2 heteroatoms. The van der Waals surface area contributed by atoms with E-state index in [0.29, 0.717) is 0 Å². The van der Waals surface area contributed by atoms with Crippen LogP contribution in [0.3, 0.4) is 0 Å². The molecule has 2 nitrogen and oxygen atoms in total. The Morgan fingerprint density at radius 3 is 3.00 bits per heavy atom. The molecule has 0 aliphatic carbocycles. The van der Waals surface area contributed by atoms with Gasteiger partial charge in [-0.2, -0.15) is 0 Å². The van der Waals surface area contributed by atoms with Crippen LogP contribution in [0.25, 0.3) is 0 Å². The molecule has 0 radical (unpaired) electrons. The van der Waals surface area contributed by atoms with Crippen LogP contribution in [0.2, 0.25) is 0 Å². The number of rotatable bonds is 6. The lowest BCUT2D eigenvalue weighted by Gasteiger charge is -2.18. The first-order valence-electron chi connectivity index (χ1n) is 6.86. The van der Waals surface area contributed by atoms with Crippen LogP contribution in [0.5, 0.6) is 0 Å². The van der Waals surface area contributed by atoms with Crippen molar-refractivity contribution in [3.05, 3.63) is 29.3 Å². The average molecular weight is 232 g/mol. The minimum absolute atomic E-state index is 1.11. The maximum atomic E-state index is 3.21. The van der Waals surface area contributed by atoms with Crippen molar-refractivity contribution in [1.29, 1.82) is 0 Å². The van der Waals surface area contributed by atoms with Crippen LogP contribution in [-0.4, -0.2) is 26.7 Å². The zero-order valence-corrected chi connectivity index (χ0v) is 11.1. The molecular weight excluding hydrogens is 208 g/mol. The summed E-state index contributed by atoms with van der Waals surface area (Å²) in [4.78, 5) is 2.52. The molecule has 1 aromatic carbocycles. The Kier molecular flexibility index (Phi) is 4.43. The van der Waals surface area contributed by atoms with Crippen LogP contribution >= 0.6 is 0 Å². The smallest absolute Gasteiger partial charge is 0.0399 e. The minimum Gasteiger partial charge on any atom is -0.371 e. The molecule has 0 saturated heterocycles. The lowest BCUT2D eigenvalue weighted by atomic mass is 10.0. The van der Waals surface area contributed by atoms with Gasteiger partial charge in [0.1, 0.15) is 0 Å². The van der Waals surface area contributed by atoms with Crippen molar-refractivity contribution in [2.45, 2.75) is 32.6 Å². The van der Waals surface area contributed by atoms with Gasteiger partial charge < -0.3 is 10.2 Å². The fourth-order valence-electron chi connectivity index (χ4n) is 2.65. The predicted molar refractivity (Wildman–Crippen MR) is 74.9 cm³/mol. The Morgan fingerprint density at radius 1 is 1.35 bits per heavy atom. The Hall–Kier alpha value is -1.02. The van der Waals surface area contributed by atoms with Gasteiger partial charge in [0.2, 0.25) is 0 Å². The molecule has 1 aliphatic heterocycles. The van der Waals surface area contributed by atoms with E-state index in [4.69, 9.17) is 0 Å². The highest BCUT2D eigenvalue weighted by Gasteiger charge is 2.17. The summed E-state index contributed by atoms with van der Waals surface area (Å²) < 4.78 is 0. The fourth-order valence-corrected chi connectivity index (χ4v) is 2.65. The second-order valence-corrected chi connectivity index (χ2v) is 4.91. The average Bonchev–Trinajstić information content (AvgIpc) is 2.73. The van der Waals surface area contributed by atoms with E-state index in [2.05, 4.69) is 35.3 Å². The second kappa shape index (κ2) is 6.06. The highest BCUT2D eigenvalue weighted by molar-refractivity contribution is 5.59. The van der Waals surface area contributed by atoms with E-state index in [1.165, 1.54) is 50.0 Å². The Bertz CT molecular complexity index is 360. The topological polar surface area (TPSA) is 15.3 Å². The predicted octanol–water partition coefficient (Wildman–Crippen LogP) is 2.61. The summed E-state index contributed by atoms with van der Waals surface area (Å²) in [7, 11) is 2.02. The summed E-state index contributed by atoms with van der Waals surface area (Å²) in [5.41, 5.74) is 4.53. The zero-order chi connectivity index (χ0) is 12.1. The SMILES string of the molecule is CCCN1CCc2cc(CCCNC)ccc21. The number of nitrogens with one attached hydrogen (secondary N) is 1. The van der Waals surface area contributed by atoms with Gasteiger partial charge in [-0.05, 0) is 56.5 Å². The first-order chi connectivity index (χ1) is 8.35. The van der Waals surface area contributed by atoms with Crippen molar-refractivity contribution in [3.63, 3.8) is 0 Å². The molecular formula is C15H24N2. The number of anilines is 1. The van der Waals surface area contributed by atoms with Crippen molar-refractivity contribution >= 4 is 5.69 Å². The summed E-state index contributed by atoms with van der Waals surface area (Å²) in [5, 5.41) is 3.21. The molecule has 1 N–H and O–H groups in total. The van der Waals surface area contributed by atoms with E-state index in [1.54, 1.807) is 5.56 Å². The van der Waals surface area contributed by atoms with Crippen molar-refractivity contribution in [1.82, 2.24) is 5.32 Å². The summed E-state index contributed by atoms with van der Waals surface area (Å²) >= 11 is 0. The van der Waals surface area contributed by atoms with Crippen molar-refractivity contribution in [3.8, 4) is 0 Å². The molecule has 0 unspecified atom stereocenters. The van der Waals surface area contributed by atoms with Crippen LogP contribution in [0.1, 0.15) is 30.9 Å². The largest absolute Gasteiger partial charge is 0.371 e. The van der Waals surface area contributed by atoms with Crippen LogP contribution in [0.4, 0.5) is 5.69 Å². The Labute approximate surface area is 105 Å². The van der Waals surface area contributed by atoms with E-state index >= 15 is 0 Å². The first-order valence-corrected chi connectivity index (χ1v) is 6.86. The lowest BCUT2D eigenvalue weighted by Crippen LogP contribution is -2.20. The molecule has 1 aliphatic rings. The number of hydrogen-bond donors (Lipinski definition) is 1. The molecule has 2 rings (SSSR count). The fraction of sp³-hybridized carbons (Fsp3) is 0.600. The second-order valence-electron chi connectivity index (χ2n) is 4.91. The molecule has 0 saturated carbocycles. The molecule has 0 amide bonds. The lowest BCUT2D eigenvalue weighted by molar-refractivity contribution is 0.724. The molecule has 0 aromatic heterocycles. The summed E-state index contributed by atoms with van der Waals surface area (Å²) in [6.07, 6.45) is 4.90. The third-order valence-corrected chi connectivity index (χ3v) is 3.52. The molecule has 1 aromatic rings. The van der Waals surface area contributed by atoms with E-state index in [-0.39, 0.29) is 0 Å². The van der Waals surface area contributed by atoms with E-state index in [1.807, 2.05) is 7.05 Å².